The highest BCUT2D eigenvalue weighted by Gasteiger charge is 2.55. The summed E-state index contributed by atoms with van der Waals surface area (Å²) in [4.78, 5) is 25.7. The molecule has 2 bridgehead atoms. The van der Waals surface area contributed by atoms with Gasteiger partial charge >= 0.3 is 5.97 Å². The molecule has 0 aromatic heterocycles. The van der Waals surface area contributed by atoms with Crippen molar-refractivity contribution in [1.29, 1.82) is 0 Å². The van der Waals surface area contributed by atoms with E-state index in [1.807, 2.05) is 78.9 Å². The normalized spacial score (nSPS) is 24.1. The van der Waals surface area contributed by atoms with Crippen molar-refractivity contribution in [2.75, 3.05) is 5.32 Å². The summed E-state index contributed by atoms with van der Waals surface area (Å²) in [6.07, 6.45) is 0. The summed E-state index contributed by atoms with van der Waals surface area (Å²) in [5.74, 6) is -3.19. The summed E-state index contributed by atoms with van der Waals surface area (Å²) in [6, 6.07) is 25.1. The Hall–Kier alpha value is -3.40. The first kappa shape index (κ1) is 16.8. The van der Waals surface area contributed by atoms with Gasteiger partial charge in [-0.05, 0) is 34.4 Å². The van der Waals surface area contributed by atoms with Crippen molar-refractivity contribution in [2.45, 2.75) is 11.8 Å². The van der Waals surface area contributed by atoms with Crippen LogP contribution in [-0.2, 0) is 9.59 Å². The minimum atomic E-state index is -0.924. The lowest BCUT2D eigenvalue weighted by Gasteiger charge is -2.48. The maximum absolute atomic E-state index is 13.3. The van der Waals surface area contributed by atoms with E-state index in [4.69, 9.17) is 0 Å². The van der Waals surface area contributed by atoms with Crippen LogP contribution in [0.4, 0.5) is 5.69 Å². The molecule has 0 fully saturated rings. The Morgan fingerprint density at radius 1 is 0.643 bits per heavy atom. The molecule has 0 saturated carbocycles. The molecule has 0 heterocycles. The zero-order chi connectivity index (χ0) is 19.3. The van der Waals surface area contributed by atoms with E-state index in [0.29, 0.717) is 5.69 Å². The highest BCUT2D eigenvalue weighted by atomic mass is 16.4. The molecular formula is C24H19NO3. The number of carboxylic acids is 1. The first-order chi connectivity index (χ1) is 13.7. The van der Waals surface area contributed by atoms with Crippen LogP contribution in [0.1, 0.15) is 34.1 Å². The number of benzene rings is 3. The minimum Gasteiger partial charge on any atom is -0.481 e. The minimum absolute atomic E-state index is 0.238. The molecule has 3 aromatic rings. The molecule has 2 atom stereocenters. The molecule has 6 rings (SSSR count). The number of amides is 1. The van der Waals surface area contributed by atoms with Gasteiger partial charge in [0.2, 0.25) is 5.91 Å². The second-order valence-electron chi connectivity index (χ2n) is 7.46. The van der Waals surface area contributed by atoms with Crippen LogP contribution in [0, 0.1) is 11.8 Å². The number of carboxylic acid groups (broad SMARTS) is 1. The Balaban J connectivity index is 1.67. The molecule has 3 aliphatic rings. The molecule has 3 aromatic carbocycles. The number of aliphatic carboxylic acids is 1. The monoisotopic (exact) mass is 369 g/mol. The number of carbonyl (C=O) groups excluding carboxylic acids is 1. The number of para-hydroxylation sites is 1. The molecule has 0 unspecified atom stereocenters. The van der Waals surface area contributed by atoms with Gasteiger partial charge in [0.1, 0.15) is 0 Å². The third kappa shape index (κ3) is 2.38. The van der Waals surface area contributed by atoms with Crippen LogP contribution in [-0.4, -0.2) is 17.0 Å². The first-order valence-electron chi connectivity index (χ1n) is 9.43. The molecular weight excluding hydrogens is 350 g/mol. The van der Waals surface area contributed by atoms with E-state index >= 15 is 0 Å². The van der Waals surface area contributed by atoms with Crippen LogP contribution in [0.15, 0.2) is 78.9 Å². The van der Waals surface area contributed by atoms with Gasteiger partial charge in [-0.1, -0.05) is 66.7 Å². The molecule has 138 valence electrons. The fraction of sp³-hybridized carbons (Fsp3) is 0.167. The summed E-state index contributed by atoms with van der Waals surface area (Å²) in [5.41, 5.74) is 4.87. The number of rotatable bonds is 3. The second-order valence-corrected chi connectivity index (χ2v) is 7.46. The van der Waals surface area contributed by atoms with Gasteiger partial charge in [0.15, 0.2) is 0 Å². The quantitative estimate of drug-likeness (QED) is 0.726. The SMILES string of the molecule is O=C(Nc1ccccc1)[C@@H]1C2c3ccccc3C(c3ccccc32)[C@@H]1C(=O)O. The summed E-state index contributed by atoms with van der Waals surface area (Å²) in [6.45, 7) is 0. The van der Waals surface area contributed by atoms with Crippen molar-refractivity contribution in [3.05, 3.63) is 101 Å². The van der Waals surface area contributed by atoms with Gasteiger partial charge in [-0.15, -0.1) is 0 Å². The number of fused-ring (bicyclic) bond motifs is 1. The van der Waals surface area contributed by atoms with E-state index in [0.717, 1.165) is 22.3 Å². The van der Waals surface area contributed by atoms with Crippen LogP contribution in [0.25, 0.3) is 0 Å². The van der Waals surface area contributed by atoms with Crippen LogP contribution >= 0.6 is 0 Å². The molecule has 4 nitrogen and oxygen atoms in total. The van der Waals surface area contributed by atoms with Crippen LogP contribution in [0.5, 0.6) is 0 Å². The van der Waals surface area contributed by atoms with E-state index in [1.165, 1.54) is 0 Å². The molecule has 0 aliphatic heterocycles. The second kappa shape index (κ2) is 6.34. The maximum Gasteiger partial charge on any atom is 0.308 e. The van der Waals surface area contributed by atoms with Crippen molar-refractivity contribution < 1.29 is 14.7 Å². The highest BCUT2D eigenvalue weighted by Crippen LogP contribution is 2.58. The lowest BCUT2D eigenvalue weighted by molar-refractivity contribution is -0.148. The largest absolute Gasteiger partial charge is 0.481 e. The van der Waals surface area contributed by atoms with Gasteiger partial charge in [-0.25, -0.2) is 0 Å². The topological polar surface area (TPSA) is 66.4 Å². The molecule has 0 saturated heterocycles. The zero-order valence-corrected chi connectivity index (χ0v) is 15.1. The van der Waals surface area contributed by atoms with Gasteiger partial charge in [0.05, 0.1) is 11.8 Å². The van der Waals surface area contributed by atoms with E-state index in [-0.39, 0.29) is 17.7 Å². The molecule has 4 heteroatoms. The van der Waals surface area contributed by atoms with Crippen molar-refractivity contribution in [2.24, 2.45) is 11.8 Å². The van der Waals surface area contributed by atoms with E-state index in [9.17, 15) is 14.7 Å². The van der Waals surface area contributed by atoms with E-state index in [2.05, 4.69) is 5.32 Å². The van der Waals surface area contributed by atoms with Crippen LogP contribution < -0.4 is 5.32 Å². The van der Waals surface area contributed by atoms with Crippen molar-refractivity contribution >= 4 is 17.6 Å². The van der Waals surface area contributed by atoms with Crippen molar-refractivity contribution in [1.82, 2.24) is 0 Å². The summed E-state index contributed by atoms with van der Waals surface area (Å²) >= 11 is 0. The average molecular weight is 369 g/mol. The zero-order valence-electron chi connectivity index (χ0n) is 15.1. The molecule has 0 spiro atoms. The van der Waals surface area contributed by atoms with Crippen molar-refractivity contribution in [3.8, 4) is 0 Å². The third-order valence-corrected chi connectivity index (χ3v) is 6.07. The number of hydrogen-bond acceptors (Lipinski definition) is 2. The summed E-state index contributed by atoms with van der Waals surface area (Å²) in [7, 11) is 0. The molecule has 2 N–H and O–H groups in total. The Bertz CT molecular complexity index is 1030. The maximum atomic E-state index is 13.3. The number of carbonyl (C=O) groups is 2. The Labute approximate surface area is 162 Å². The average Bonchev–Trinajstić information content (AvgIpc) is 2.73. The summed E-state index contributed by atoms with van der Waals surface area (Å²) < 4.78 is 0. The third-order valence-electron chi connectivity index (χ3n) is 6.07. The molecule has 3 aliphatic carbocycles. The lowest BCUT2D eigenvalue weighted by atomic mass is 9.54. The number of hydrogen-bond donors (Lipinski definition) is 2. The van der Waals surface area contributed by atoms with Gasteiger partial charge in [0.25, 0.3) is 0 Å². The molecule has 28 heavy (non-hydrogen) atoms. The van der Waals surface area contributed by atoms with Crippen LogP contribution in [0.2, 0.25) is 0 Å². The Morgan fingerprint density at radius 3 is 1.54 bits per heavy atom. The van der Waals surface area contributed by atoms with Crippen LogP contribution in [0.3, 0.4) is 0 Å². The summed E-state index contributed by atoms with van der Waals surface area (Å²) in [5, 5.41) is 13.1. The number of nitrogens with one attached hydrogen (secondary N) is 1. The van der Waals surface area contributed by atoms with Gasteiger partial charge in [0, 0.05) is 17.5 Å². The van der Waals surface area contributed by atoms with Crippen molar-refractivity contribution in [3.63, 3.8) is 0 Å². The van der Waals surface area contributed by atoms with Gasteiger partial charge in [-0.2, -0.15) is 0 Å². The van der Waals surface area contributed by atoms with E-state index in [1.54, 1.807) is 0 Å². The highest BCUT2D eigenvalue weighted by molar-refractivity contribution is 5.98. The smallest absolute Gasteiger partial charge is 0.308 e. The Kier molecular flexibility index (Phi) is 3.79. The molecule has 1 amide bonds. The molecule has 0 radical (unpaired) electrons. The Morgan fingerprint density at radius 2 is 1.07 bits per heavy atom. The standard InChI is InChI=1S/C24H19NO3/c26-23(25-14-8-2-1-3-9-14)21-19-15-10-4-6-12-17(15)20(22(21)24(27)28)18-13-7-5-11-16(18)19/h1-13,19-22H,(H,25,26)(H,27,28)/t19?,20?,21-,22+/m1/s1. The van der Waals surface area contributed by atoms with Gasteiger partial charge < -0.3 is 10.4 Å². The first-order valence-corrected chi connectivity index (χ1v) is 9.43. The fourth-order valence-corrected chi connectivity index (χ4v) is 5.04. The fourth-order valence-electron chi connectivity index (χ4n) is 5.04. The lowest BCUT2D eigenvalue weighted by Crippen LogP contribution is -2.48. The predicted molar refractivity (Wildman–Crippen MR) is 106 cm³/mol. The number of anilines is 1. The van der Waals surface area contributed by atoms with Gasteiger partial charge in [-0.3, -0.25) is 9.59 Å². The van der Waals surface area contributed by atoms with E-state index < -0.39 is 17.8 Å². The predicted octanol–water partition coefficient (Wildman–Crippen LogP) is 4.23.